The number of aryl methyl sites for hydroxylation is 1. The minimum absolute atomic E-state index is 0.0370. The second-order valence-electron chi connectivity index (χ2n) is 11.1. The molecule has 2 aromatic heterocycles. The van der Waals surface area contributed by atoms with E-state index in [4.69, 9.17) is 5.10 Å². The average Bonchev–Trinajstić information content (AvgIpc) is 3.59. The highest BCUT2D eigenvalue weighted by atomic mass is 19.1. The molecule has 42 heavy (non-hydrogen) atoms. The summed E-state index contributed by atoms with van der Waals surface area (Å²) in [6.45, 7) is 5.69. The number of piperazine rings is 1. The summed E-state index contributed by atoms with van der Waals surface area (Å²) in [6.07, 6.45) is 3.70. The smallest absolute Gasteiger partial charge is 0.324 e. The lowest BCUT2D eigenvalue weighted by Crippen LogP contribution is -2.49. The summed E-state index contributed by atoms with van der Waals surface area (Å²) in [4.78, 5) is 33.5. The zero-order valence-electron chi connectivity index (χ0n) is 23.4. The van der Waals surface area contributed by atoms with Crippen LogP contribution in [-0.4, -0.2) is 57.8 Å². The minimum atomic E-state index is -0.867. The van der Waals surface area contributed by atoms with Crippen molar-refractivity contribution in [3.05, 3.63) is 95.3 Å². The van der Waals surface area contributed by atoms with Crippen molar-refractivity contribution in [2.45, 2.75) is 32.1 Å². The van der Waals surface area contributed by atoms with E-state index in [0.717, 1.165) is 41.9 Å². The normalized spacial score (nSPS) is 15.8. The SMILES string of the molecule is Cc1ccc(-n2nc(C3(C)CC3)cc2NC(=O)Nc2ccc(N3CCN(C(=O)c4c(F)cccc4F)CC3)nc2)cc1. The van der Waals surface area contributed by atoms with Crippen LogP contribution in [-0.2, 0) is 5.41 Å². The van der Waals surface area contributed by atoms with Gasteiger partial charge in [-0.2, -0.15) is 5.10 Å². The Kier molecular flexibility index (Phi) is 7.09. The number of anilines is 3. The third-order valence-corrected chi connectivity index (χ3v) is 7.92. The van der Waals surface area contributed by atoms with Crippen LogP contribution in [0.1, 0.15) is 41.4 Å². The molecule has 6 rings (SSSR count). The maximum atomic E-state index is 14.1. The van der Waals surface area contributed by atoms with E-state index in [0.29, 0.717) is 43.5 Å². The number of benzene rings is 2. The second-order valence-corrected chi connectivity index (χ2v) is 11.1. The molecule has 9 nitrogen and oxygen atoms in total. The predicted molar refractivity (Wildman–Crippen MR) is 156 cm³/mol. The van der Waals surface area contributed by atoms with Crippen LogP contribution in [0.3, 0.4) is 0 Å². The van der Waals surface area contributed by atoms with E-state index in [1.54, 1.807) is 23.0 Å². The van der Waals surface area contributed by atoms with Crippen LogP contribution in [0, 0.1) is 18.6 Å². The van der Waals surface area contributed by atoms with E-state index in [-0.39, 0.29) is 5.41 Å². The monoisotopic (exact) mass is 571 g/mol. The van der Waals surface area contributed by atoms with Crippen molar-refractivity contribution in [3.63, 3.8) is 0 Å². The second kappa shape index (κ2) is 10.9. The molecule has 1 saturated carbocycles. The first kappa shape index (κ1) is 27.4. The number of nitrogens with one attached hydrogen (secondary N) is 2. The fourth-order valence-corrected chi connectivity index (χ4v) is 5.02. The van der Waals surface area contributed by atoms with Gasteiger partial charge in [0.25, 0.3) is 5.91 Å². The maximum Gasteiger partial charge on any atom is 0.324 e. The van der Waals surface area contributed by atoms with Gasteiger partial charge in [-0.25, -0.2) is 23.2 Å². The van der Waals surface area contributed by atoms with Crippen LogP contribution in [0.4, 0.5) is 30.9 Å². The Hall–Kier alpha value is -4.80. The van der Waals surface area contributed by atoms with E-state index >= 15 is 0 Å². The molecular weight excluding hydrogens is 540 g/mol. The van der Waals surface area contributed by atoms with Gasteiger partial charge in [0.05, 0.1) is 23.3 Å². The highest BCUT2D eigenvalue weighted by Gasteiger charge is 2.42. The molecule has 0 atom stereocenters. The molecule has 2 fully saturated rings. The molecule has 3 amide bonds. The standard InChI is InChI=1S/C31H31F2N7O2/c1-20-6-9-22(10-7-20)40-27(18-25(37-40)31(2)12-13-31)36-30(42)35-21-8-11-26(34-19-21)38-14-16-39(17-15-38)29(41)28-23(32)4-3-5-24(28)33/h3-11,18-19H,12-17H2,1-2H3,(H2,35,36,42). The van der Waals surface area contributed by atoms with Gasteiger partial charge >= 0.3 is 6.03 Å². The van der Waals surface area contributed by atoms with Crippen molar-refractivity contribution >= 4 is 29.3 Å². The van der Waals surface area contributed by atoms with Gasteiger partial charge in [-0.15, -0.1) is 0 Å². The first-order valence-electron chi connectivity index (χ1n) is 13.9. The lowest BCUT2D eigenvalue weighted by Gasteiger charge is -2.35. The first-order valence-corrected chi connectivity index (χ1v) is 13.9. The highest BCUT2D eigenvalue weighted by molar-refractivity contribution is 5.99. The Labute approximate surface area is 242 Å². The molecule has 2 aliphatic rings. The number of hydrogen-bond acceptors (Lipinski definition) is 5. The number of aromatic nitrogens is 3. The third kappa shape index (κ3) is 5.54. The Bertz CT molecular complexity index is 1600. The Morgan fingerprint density at radius 1 is 0.905 bits per heavy atom. The number of carbonyl (C=O) groups is 2. The highest BCUT2D eigenvalue weighted by Crippen LogP contribution is 2.47. The number of carbonyl (C=O) groups excluding carboxylic acids is 2. The van der Waals surface area contributed by atoms with Gasteiger partial charge in [-0.1, -0.05) is 30.7 Å². The zero-order valence-corrected chi connectivity index (χ0v) is 23.4. The minimum Gasteiger partial charge on any atom is -0.353 e. The molecule has 11 heteroatoms. The van der Waals surface area contributed by atoms with Crippen LogP contribution in [0.15, 0.2) is 66.9 Å². The van der Waals surface area contributed by atoms with Crippen LogP contribution < -0.4 is 15.5 Å². The quantitative estimate of drug-likeness (QED) is 0.318. The van der Waals surface area contributed by atoms with Crippen molar-refractivity contribution in [1.82, 2.24) is 19.7 Å². The van der Waals surface area contributed by atoms with Crippen molar-refractivity contribution in [3.8, 4) is 5.69 Å². The molecule has 4 aromatic rings. The molecule has 1 saturated heterocycles. The molecule has 1 aliphatic carbocycles. The van der Waals surface area contributed by atoms with Gasteiger partial charge < -0.3 is 15.1 Å². The number of amides is 3. The molecule has 3 heterocycles. The van der Waals surface area contributed by atoms with Gasteiger partial charge in [0, 0.05) is 37.7 Å². The largest absolute Gasteiger partial charge is 0.353 e. The van der Waals surface area contributed by atoms with Crippen molar-refractivity contribution in [2.75, 3.05) is 41.7 Å². The molecule has 0 unspecified atom stereocenters. The van der Waals surface area contributed by atoms with E-state index in [1.807, 2.05) is 42.2 Å². The van der Waals surface area contributed by atoms with Gasteiger partial charge in [0.15, 0.2) is 0 Å². The molecule has 1 aliphatic heterocycles. The molecule has 0 spiro atoms. The lowest BCUT2D eigenvalue weighted by atomic mass is 10.1. The molecule has 216 valence electrons. The van der Waals surface area contributed by atoms with Crippen molar-refractivity contribution in [1.29, 1.82) is 0 Å². The van der Waals surface area contributed by atoms with Crippen LogP contribution in [0.25, 0.3) is 5.69 Å². The fourth-order valence-electron chi connectivity index (χ4n) is 5.02. The lowest BCUT2D eigenvalue weighted by molar-refractivity contribution is 0.0736. The summed E-state index contributed by atoms with van der Waals surface area (Å²) in [5.41, 5.74) is 2.96. The Morgan fingerprint density at radius 3 is 2.21 bits per heavy atom. The molecule has 2 N–H and O–H groups in total. The van der Waals surface area contributed by atoms with Crippen molar-refractivity contribution < 1.29 is 18.4 Å². The molecule has 2 aromatic carbocycles. The number of urea groups is 1. The summed E-state index contributed by atoms with van der Waals surface area (Å²) < 4.78 is 29.9. The van der Waals surface area contributed by atoms with E-state index < -0.39 is 29.1 Å². The molecular formula is C31H31F2N7O2. The fraction of sp³-hybridized carbons (Fsp3) is 0.290. The van der Waals surface area contributed by atoms with E-state index in [2.05, 4.69) is 22.5 Å². The van der Waals surface area contributed by atoms with Crippen LogP contribution >= 0.6 is 0 Å². The van der Waals surface area contributed by atoms with E-state index in [1.165, 1.54) is 11.0 Å². The summed E-state index contributed by atoms with van der Waals surface area (Å²) >= 11 is 0. The zero-order chi connectivity index (χ0) is 29.4. The molecule has 0 bridgehead atoms. The van der Waals surface area contributed by atoms with Gasteiger partial charge in [-0.05, 0) is 56.2 Å². The predicted octanol–water partition coefficient (Wildman–Crippen LogP) is 5.51. The van der Waals surface area contributed by atoms with Crippen LogP contribution in [0.5, 0.6) is 0 Å². The number of pyridine rings is 1. The van der Waals surface area contributed by atoms with Crippen molar-refractivity contribution in [2.24, 2.45) is 0 Å². The van der Waals surface area contributed by atoms with Gasteiger partial charge in [0.2, 0.25) is 0 Å². The van der Waals surface area contributed by atoms with E-state index in [9.17, 15) is 18.4 Å². The van der Waals surface area contributed by atoms with Crippen LogP contribution in [0.2, 0.25) is 0 Å². The Morgan fingerprint density at radius 2 is 1.60 bits per heavy atom. The maximum absolute atomic E-state index is 14.1. The first-order chi connectivity index (χ1) is 20.2. The summed E-state index contributed by atoms with van der Waals surface area (Å²) in [5, 5.41) is 10.6. The summed E-state index contributed by atoms with van der Waals surface area (Å²) in [6, 6.07) is 16.4. The third-order valence-electron chi connectivity index (χ3n) is 7.92. The Balaban J connectivity index is 1.08. The topological polar surface area (TPSA) is 95.4 Å². The number of nitrogens with zero attached hydrogens (tertiary/aromatic N) is 5. The number of halogens is 2. The number of rotatable bonds is 6. The summed E-state index contributed by atoms with van der Waals surface area (Å²) in [7, 11) is 0. The summed E-state index contributed by atoms with van der Waals surface area (Å²) in [5.74, 6) is -1.15. The van der Waals surface area contributed by atoms with Gasteiger partial charge in [-0.3, -0.25) is 10.1 Å². The van der Waals surface area contributed by atoms with Gasteiger partial charge in [0.1, 0.15) is 28.8 Å². The molecule has 0 radical (unpaired) electrons. The number of hydrogen-bond donors (Lipinski definition) is 2. The average molecular weight is 572 g/mol.